The van der Waals surface area contributed by atoms with Gasteiger partial charge in [0.15, 0.2) is 0 Å². The van der Waals surface area contributed by atoms with E-state index in [1.54, 1.807) is 11.8 Å². The Morgan fingerprint density at radius 1 is 1.36 bits per heavy atom. The second kappa shape index (κ2) is 7.51. The van der Waals surface area contributed by atoms with Crippen LogP contribution in [0.3, 0.4) is 0 Å². The zero-order chi connectivity index (χ0) is 16.1. The smallest absolute Gasteiger partial charge is 0.225 e. The Bertz CT molecular complexity index is 611. The maximum Gasteiger partial charge on any atom is 0.225 e. The molecule has 116 valence electrons. The number of carbonyl (C=O) groups excluding carboxylic acids is 1. The molecule has 4 heteroatoms. The fraction of sp³-hybridized carbons (Fsp3) is 0.444. The number of nitriles is 1. The number of hydrogen-bond donors (Lipinski definition) is 1. The van der Waals surface area contributed by atoms with Gasteiger partial charge in [-0.05, 0) is 29.2 Å². The van der Waals surface area contributed by atoms with Gasteiger partial charge in [0.1, 0.15) is 0 Å². The highest BCUT2D eigenvalue weighted by Crippen LogP contribution is 2.36. The van der Waals surface area contributed by atoms with Crippen molar-refractivity contribution in [2.24, 2.45) is 0 Å². The number of thioether (sulfide) groups is 1. The van der Waals surface area contributed by atoms with Crippen LogP contribution in [0.25, 0.3) is 0 Å². The minimum absolute atomic E-state index is 0.00413. The molecule has 3 nitrogen and oxygen atoms in total. The topological polar surface area (TPSA) is 52.9 Å². The van der Waals surface area contributed by atoms with Crippen LogP contribution in [0.1, 0.15) is 56.6 Å². The number of hydrogen-bond acceptors (Lipinski definition) is 3. The molecule has 1 unspecified atom stereocenters. The third-order valence-corrected chi connectivity index (χ3v) is 5.04. The van der Waals surface area contributed by atoms with E-state index in [1.165, 1.54) is 5.56 Å². The van der Waals surface area contributed by atoms with Crippen molar-refractivity contribution in [1.29, 1.82) is 5.26 Å². The number of nitrogens with zero attached hydrogens (tertiary/aromatic N) is 1. The number of nitrogens with one attached hydrogen (secondary N) is 1. The molecule has 2 rings (SSSR count). The molecule has 1 aliphatic heterocycles. The standard InChI is InChI=1S/C18H22N2OS/c1-4-9-22-18-16(11-19)15(10-17(21)20-18)14-7-5-13(6-8-14)12(2)3/h5-8,12,15H,4,9-10H2,1-3H3,(H,20,21). The van der Waals surface area contributed by atoms with Gasteiger partial charge in [-0.2, -0.15) is 5.26 Å². The Morgan fingerprint density at radius 2 is 2.05 bits per heavy atom. The van der Waals surface area contributed by atoms with E-state index in [0.29, 0.717) is 17.9 Å². The fourth-order valence-electron chi connectivity index (χ4n) is 2.54. The van der Waals surface area contributed by atoms with Crippen molar-refractivity contribution in [3.05, 3.63) is 46.0 Å². The second-order valence-electron chi connectivity index (χ2n) is 5.83. The summed E-state index contributed by atoms with van der Waals surface area (Å²) in [6.45, 7) is 6.40. The Balaban J connectivity index is 2.34. The van der Waals surface area contributed by atoms with Crippen molar-refractivity contribution in [2.75, 3.05) is 5.75 Å². The van der Waals surface area contributed by atoms with Gasteiger partial charge >= 0.3 is 0 Å². The number of allylic oxidation sites excluding steroid dienone is 1. The number of carbonyl (C=O) groups is 1. The maximum atomic E-state index is 12.0. The van der Waals surface area contributed by atoms with Crippen LogP contribution in [-0.4, -0.2) is 11.7 Å². The molecule has 1 aromatic rings. The largest absolute Gasteiger partial charge is 0.320 e. The third-order valence-electron chi connectivity index (χ3n) is 3.81. The highest BCUT2D eigenvalue weighted by molar-refractivity contribution is 8.03. The summed E-state index contributed by atoms with van der Waals surface area (Å²) in [6.07, 6.45) is 1.36. The van der Waals surface area contributed by atoms with Crippen molar-refractivity contribution in [2.45, 2.75) is 45.4 Å². The molecule has 1 atom stereocenters. The van der Waals surface area contributed by atoms with E-state index in [4.69, 9.17) is 0 Å². The Morgan fingerprint density at radius 3 is 2.59 bits per heavy atom. The SMILES string of the molecule is CCCSC1=C(C#N)C(c2ccc(C(C)C)cc2)CC(=O)N1. The van der Waals surface area contributed by atoms with Gasteiger partial charge in [-0.25, -0.2) is 0 Å². The van der Waals surface area contributed by atoms with E-state index >= 15 is 0 Å². The summed E-state index contributed by atoms with van der Waals surface area (Å²) >= 11 is 1.57. The van der Waals surface area contributed by atoms with Gasteiger partial charge < -0.3 is 5.32 Å². The minimum atomic E-state index is -0.126. The van der Waals surface area contributed by atoms with Crippen LogP contribution in [0.4, 0.5) is 0 Å². The Labute approximate surface area is 136 Å². The first kappa shape index (κ1) is 16.6. The molecule has 22 heavy (non-hydrogen) atoms. The predicted octanol–water partition coefficient (Wildman–Crippen LogP) is 4.29. The normalized spacial score (nSPS) is 18.3. The quantitative estimate of drug-likeness (QED) is 0.882. The van der Waals surface area contributed by atoms with Gasteiger partial charge in [-0.1, -0.05) is 45.0 Å². The lowest BCUT2D eigenvalue weighted by Gasteiger charge is -2.25. The summed E-state index contributed by atoms with van der Waals surface area (Å²) in [6, 6.07) is 10.6. The molecule has 0 saturated carbocycles. The molecule has 0 fully saturated rings. The van der Waals surface area contributed by atoms with E-state index in [-0.39, 0.29) is 11.8 Å². The highest BCUT2D eigenvalue weighted by Gasteiger charge is 2.29. The molecule has 1 N–H and O–H groups in total. The molecule has 0 aromatic heterocycles. The molecular weight excluding hydrogens is 292 g/mol. The van der Waals surface area contributed by atoms with E-state index in [9.17, 15) is 10.1 Å². The van der Waals surface area contributed by atoms with E-state index < -0.39 is 0 Å². The van der Waals surface area contributed by atoms with E-state index in [1.807, 2.05) is 0 Å². The summed E-state index contributed by atoms with van der Waals surface area (Å²) in [5, 5.41) is 13.1. The second-order valence-corrected chi connectivity index (χ2v) is 6.93. The summed E-state index contributed by atoms with van der Waals surface area (Å²) in [4.78, 5) is 12.0. The van der Waals surface area contributed by atoms with Crippen LogP contribution in [0.15, 0.2) is 34.9 Å². The highest BCUT2D eigenvalue weighted by atomic mass is 32.2. The molecule has 1 amide bonds. The number of amides is 1. The molecule has 1 aliphatic rings. The molecule has 0 radical (unpaired) electrons. The molecule has 0 saturated heterocycles. The molecule has 1 aromatic carbocycles. The average molecular weight is 314 g/mol. The lowest BCUT2D eigenvalue weighted by atomic mass is 9.86. The molecular formula is C18H22N2OS. The lowest BCUT2D eigenvalue weighted by Crippen LogP contribution is -2.30. The van der Waals surface area contributed by atoms with Crippen LogP contribution in [0.2, 0.25) is 0 Å². The van der Waals surface area contributed by atoms with E-state index in [0.717, 1.165) is 22.8 Å². The first-order valence-corrected chi connectivity index (χ1v) is 8.72. The molecule has 0 bridgehead atoms. The predicted molar refractivity (Wildman–Crippen MR) is 91.4 cm³/mol. The monoisotopic (exact) mass is 314 g/mol. The fourth-order valence-corrected chi connectivity index (χ4v) is 3.47. The van der Waals surface area contributed by atoms with Crippen LogP contribution < -0.4 is 5.32 Å². The van der Waals surface area contributed by atoms with Gasteiger partial charge in [-0.3, -0.25) is 4.79 Å². The van der Waals surface area contributed by atoms with Crippen LogP contribution >= 0.6 is 11.8 Å². The van der Waals surface area contributed by atoms with Crippen LogP contribution in [-0.2, 0) is 4.79 Å². The molecule has 1 heterocycles. The third kappa shape index (κ3) is 3.72. The Kier molecular flexibility index (Phi) is 5.68. The first-order valence-electron chi connectivity index (χ1n) is 7.73. The van der Waals surface area contributed by atoms with Gasteiger partial charge in [0, 0.05) is 12.3 Å². The minimum Gasteiger partial charge on any atom is -0.320 e. The number of benzene rings is 1. The van der Waals surface area contributed by atoms with Crippen LogP contribution in [0, 0.1) is 11.3 Å². The first-order chi connectivity index (χ1) is 10.6. The zero-order valence-electron chi connectivity index (χ0n) is 13.3. The van der Waals surface area contributed by atoms with Gasteiger partial charge in [0.2, 0.25) is 5.91 Å². The van der Waals surface area contributed by atoms with Gasteiger partial charge in [0.25, 0.3) is 0 Å². The maximum absolute atomic E-state index is 12.0. The van der Waals surface area contributed by atoms with E-state index in [2.05, 4.69) is 56.4 Å². The lowest BCUT2D eigenvalue weighted by molar-refractivity contribution is -0.120. The molecule has 0 aliphatic carbocycles. The van der Waals surface area contributed by atoms with Crippen molar-refractivity contribution in [3.8, 4) is 6.07 Å². The van der Waals surface area contributed by atoms with Gasteiger partial charge in [0.05, 0.1) is 16.7 Å². The van der Waals surface area contributed by atoms with Crippen molar-refractivity contribution in [1.82, 2.24) is 5.32 Å². The zero-order valence-corrected chi connectivity index (χ0v) is 14.2. The summed E-state index contributed by atoms with van der Waals surface area (Å²) < 4.78 is 0. The van der Waals surface area contributed by atoms with Crippen molar-refractivity contribution in [3.63, 3.8) is 0 Å². The van der Waals surface area contributed by atoms with Crippen LogP contribution in [0.5, 0.6) is 0 Å². The average Bonchev–Trinajstić information content (AvgIpc) is 2.52. The molecule has 0 spiro atoms. The summed E-state index contributed by atoms with van der Waals surface area (Å²) in [5.74, 6) is 1.25. The summed E-state index contributed by atoms with van der Waals surface area (Å²) in [7, 11) is 0. The Hall–Kier alpha value is -1.73. The van der Waals surface area contributed by atoms with Crippen molar-refractivity contribution < 1.29 is 4.79 Å². The van der Waals surface area contributed by atoms with Crippen molar-refractivity contribution >= 4 is 17.7 Å². The summed E-state index contributed by atoms with van der Waals surface area (Å²) in [5.41, 5.74) is 3.01. The van der Waals surface area contributed by atoms with Gasteiger partial charge in [-0.15, -0.1) is 11.8 Å². The number of rotatable bonds is 5.